The molecule has 0 aliphatic heterocycles. The smallest absolute Gasteiger partial charge is 0.255 e. The molecule has 0 radical (unpaired) electrons. The maximum Gasteiger partial charge on any atom is 0.255 e. The lowest BCUT2D eigenvalue weighted by molar-refractivity contribution is -0.122. The predicted molar refractivity (Wildman–Crippen MR) is 45.7 cm³/mol. The zero-order valence-electron chi connectivity index (χ0n) is 6.83. The maximum atomic E-state index is 13.0. The van der Waals surface area contributed by atoms with Gasteiger partial charge in [0.15, 0.2) is 0 Å². The number of hydrogen-bond acceptors (Lipinski definition) is 3. The monoisotopic (exact) mass is 183 g/mol. The highest BCUT2D eigenvalue weighted by atomic mass is 19.1. The molecule has 0 aliphatic rings. The Kier molecular flexibility index (Phi) is 2.94. The minimum atomic E-state index is -1.06. The summed E-state index contributed by atoms with van der Waals surface area (Å²) in [6.07, 6.45) is 0. The number of hydrazine groups is 1. The van der Waals surface area contributed by atoms with E-state index >= 15 is 0 Å². The second-order valence-corrected chi connectivity index (χ2v) is 2.51. The van der Waals surface area contributed by atoms with E-state index in [-0.39, 0.29) is 5.56 Å². The third-order valence-electron chi connectivity index (χ3n) is 1.67. The quantitative estimate of drug-likeness (QED) is 0.338. The fourth-order valence-electron chi connectivity index (χ4n) is 0.958. The topological polar surface area (TPSA) is 81.1 Å². The average Bonchev–Trinajstić information content (AvgIpc) is 2.16. The molecule has 13 heavy (non-hydrogen) atoms. The van der Waals surface area contributed by atoms with Crippen molar-refractivity contribution in [3.8, 4) is 0 Å². The van der Waals surface area contributed by atoms with Crippen LogP contribution in [0.3, 0.4) is 0 Å². The first-order valence-electron chi connectivity index (χ1n) is 3.67. The molecular weight excluding hydrogens is 173 g/mol. The van der Waals surface area contributed by atoms with E-state index in [4.69, 9.17) is 11.6 Å². The summed E-state index contributed by atoms with van der Waals surface area (Å²) in [6.45, 7) is 0. The fourth-order valence-corrected chi connectivity index (χ4v) is 0.958. The molecule has 0 saturated carbocycles. The summed E-state index contributed by atoms with van der Waals surface area (Å²) in [7, 11) is 0. The Morgan fingerprint density at radius 3 is 2.62 bits per heavy atom. The van der Waals surface area contributed by atoms with Gasteiger partial charge in [0.25, 0.3) is 5.91 Å². The van der Waals surface area contributed by atoms with Crippen LogP contribution >= 0.6 is 0 Å². The number of benzene rings is 1. The van der Waals surface area contributed by atoms with Gasteiger partial charge in [-0.3, -0.25) is 10.2 Å². The van der Waals surface area contributed by atoms with Crippen molar-refractivity contribution < 1.29 is 9.18 Å². The third kappa shape index (κ3) is 2.01. The highest BCUT2D eigenvalue weighted by Crippen LogP contribution is 2.13. The number of nitrogens with two attached hydrogens (primary N) is 2. The van der Waals surface area contributed by atoms with Crippen molar-refractivity contribution in [3.63, 3.8) is 0 Å². The largest absolute Gasteiger partial charge is 0.316 e. The lowest BCUT2D eigenvalue weighted by Gasteiger charge is -2.10. The molecule has 1 unspecified atom stereocenters. The van der Waals surface area contributed by atoms with Gasteiger partial charge in [-0.1, -0.05) is 18.2 Å². The van der Waals surface area contributed by atoms with Crippen LogP contribution in [0.5, 0.6) is 0 Å². The highest BCUT2D eigenvalue weighted by Gasteiger charge is 2.17. The predicted octanol–water partition coefficient (Wildman–Crippen LogP) is -0.185. The molecular formula is C8H10FN3O. The molecule has 1 aromatic rings. The zero-order valence-corrected chi connectivity index (χ0v) is 6.83. The van der Waals surface area contributed by atoms with E-state index in [1.165, 1.54) is 18.2 Å². The van der Waals surface area contributed by atoms with Crippen LogP contribution < -0.4 is 17.0 Å². The summed E-state index contributed by atoms with van der Waals surface area (Å²) in [5, 5.41) is 0. The first-order valence-corrected chi connectivity index (χ1v) is 3.67. The van der Waals surface area contributed by atoms with Crippen LogP contribution in [-0.4, -0.2) is 5.91 Å². The van der Waals surface area contributed by atoms with Gasteiger partial charge >= 0.3 is 0 Å². The van der Waals surface area contributed by atoms with Gasteiger partial charge in [0, 0.05) is 5.56 Å². The minimum absolute atomic E-state index is 0.130. The number of nitrogens with one attached hydrogen (secondary N) is 1. The number of halogens is 1. The normalized spacial score (nSPS) is 12.2. The Hall–Kier alpha value is -1.46. The van der Waals surface area contributed by atoms with E-state index in [0.29, 0.717) is 0 Å². The molecule has 0 heterocycles. The first kappa shape index (κ1) is 9.63. The summed E-state index contributed by atoms with van der Waals surface area (Å²) in [6, 6.07) is 4.73. The van der Waals surface area contributed by atoms with Crippen LogP contribution in [0.2, 0.25) is 0 Å². The van der Waals surface area contributed by atoms with Crippen LogP contribution in [0.1, 0.15) is 11.6 Å². The van der Waals surface area contributed by atoms with E-state index in [0.717, 1.165) is 0 Å². The molecule has 0 aliphatic carbocycles. The average molecular weight is 183 g/mol. The highest BCUT2D eigenvalue weighted by molar-refractivity contribution is 5.82. The van der Waals surface area contributed by atoms with Gasteiger partial charge in [-0.15, -0.1) is 0 Å². The van der Waals surface area contributed by atoms with Gasteiger partial charge in [-0.05, 0) is 6.07 Å². The van der Waals surface area contributed by atoms with Gasteiger partial charge in [-0.25, -0.2) is 10.2 Å². The van der Waals surface area contributed by atoms with E-state index < -0.39 is 17.8 Å². The molecule has 1 aromatic carbocycles. The number of hydrogen-bond donors (Lipinski definition) is 3. The molecule has 1 atom stereocenters. The second kappa shape index (κ2) is 3.97. The number of rotatable bonds is 2. The zero-order chi connectivity index (χ0) is 9.84. The van der Waals surface area contributed by atoms with Crippen LogP contribution in [0, 0.1) is 5.82 Å². The maximum absolute atomic E-state index is 13.0. The van der Waals surface area contributed by atoms with Crippen LogP contribution in [0.4, 0.5) is 4.39 Å². The van der Waals surface area contributed by atoms with Gasteiger partial charge in [-0.2, -0.15) is 0 Å². The summed E-state index contributed by atoms with van der Waals surface area (Å²) in [4.78, 5) is 10.9. The first-order chi connectivity index (χ1) is 6.16. The molecule has 0 spiro atoms. The van der Waals surface area contributed by atoms with Gasteiger partial charge in [0.2, 0.25) is 0 Å². The molecule has 1 amide bonds. The van der Waals surface area contributed by atoms with Crippen LogP contribution in [0.15, 0.2) is 24.3 Å². The van der Waals surface area contributed by atoms with Crippen molar-refractivity contribution in [3.05, 3.63) is 35.6 Å². The molecule has 5 heteroatoms. The molecule has 0 aromatic heterocycles. The van der Waals surface area contributed by atoms with Crippen molar-refractivity contribution in [1.29, 1.82) is 0 Å². The Labute approximate surface area is 74.7 Å². The molecule has 5 N–H and O–H groups in total. The lowest BCUT2D eigenvalue weighted by Crippen LogP contribution is -2.38. The summed E-state index contributed by atoms with van der Waals surface area (Å²) < 4.78 is 13.0. The summed E-state index contributed by atoms with van der Waals surface area (Å²) in [5.74, 6) is 3.72. The van der Waals surface area contributed by atoms with E-state index in [1.54, 1.807) is 6.07 Å². The van der Waals surface area contributed by atoms with Gasteiger partial charge < -0.3 is 5.73 Å². The number of amides is 1. The fraction of sp³-hybridized carbons (Fsp3) is 0.125. The number of carbonyl (C=O) groups excluding carboxylic acids is 1. The standard InChI is InChI=1S/C8H10FN3O/c9-6-4-2-1-3-5(6)7(10)8(13)12-11/h1-4,7H,10-11H2,(H,12,13). The molecule has 0 fully saturated rings. The van der Waals surface area contributed by atoms with Crippen molar-refractivity contribution in [2.45, 2.75) is 6.04 Å². The van der Waals surface area contributed by atoms with E-state index in [2.05, 4.69) is 0 Å². The molecule has 4 nitrogen and oxygen atoms in total. The molecule has 1 rings (SSSR count). The van der Waals surface area contributed by atoms with E-state index in [9.17, 15) is 9.18 Å². The molecule has 0 bridgehead atoms. The Bertz CT molecular complexity index is 316. The summed E-state index contributed by atoms with van der Waals surface area (Å²) in [5.41, 5.74) is 7.41. The van der Waals surface area contributed by atoms with Crippen molar-refractivity contribution >= 4 is 5.91 Å². The van der Waals surface area contributed by atoms with Crippen molar-refractivity contribution in [2.75, 3.05) is 0 Å². The van der Waals surface area contributed by atoms with E-state index in [1.807, 2.05) is 5.43 Å². The summed E-state index contributed by atoms with van der Waals surface area (Å²) >= 11 is 0. The van der Waals surface area contributed by atoms with Gasteiger partial charge in [0.1, 0.15) is 11.9 Å². The Morgan fingerprint density at radius 1 is 1.46 bits per heavy atom. The molecule has 70 valence electrons. The lowest BCUT2D eigenvalue weighted by atomic mass is 10.1. The SMILES string of the molecule is NNC(=O)C(N)c1ccccc1F. The molecule has 0 saturated heterocycles. The minimum Gasteiger partial charge on any atom is -0.316 e. The second-order valence-electron chi connectivity index (χ2n) is 2.51. The Morgan fingerprint density at radius 2 is 2.08 bits per heavy atom. The van der Waals surface area contributed by atoms with Crippen molar-refractivity contribution in [2.24, 2.45) is 11.6 Å². The van der Waals surface area contributed by atoms with Crippen LogP contribution in [-0.2, 0) is 4.79 Å². The number of carbonyl (C=O) groups is 1. The third-order valence-corrected chi connectivity index (χ3v) is 1.67. The Balaban J connectivity index is 2.95. The van der Waals surface area contributed by atoms with Gasteiger partial charge in [0.05, 0.1) is 0 Å². The van der Waals surface area contributed by atoms with Crippen molar-refractivity contribution in [1.82, 2.24) is 5.43 Å². The van der Waals surface area contributed by atoms with Crippen LogP contribution in [0.25, 0.3) is 0 Å².